The molecule has 116 valence electrons. The Balaban J connectivity index is 1.61. The zero-order valence-electron chi connectivity index (χ0n) is 13.3. The average molecular weight is 287 g/mol. The first-order chi connectivity index (χ1) is 10.3. The first-order valence-corrected chi connectivity index (χ1v) is 8.57. The van der Waals surface area contributed by atoms with Gasteiger partial charge in [0.15, 0.2) is 0 Å². The van der Waals surface area contributed by atoms with E-state index in [1.807, 2.05) is 0 Å². The number of nitrogens with zero attached hydrogens (tertiary/aromatic N) is 2. The van der Waals surface area contributed by atoms with Gasteiger partial charge in [-0.2, -0.15) is 0 Å². The van der Waals surface area contributed by atoms with Gasteiger partial charge in [-0.1, -0.05) is 25.1 Å². The van der Waals surface area contributed by atoms with Gasteiger partial charge in [0.1, 0.15) is 0 Å². The quantitative estimate of drug-likeness (QED) is 0.872. The van der Waals surface area contributed by atoms with Gasteiger partial charge in [0.2, 0.25) is 0 Å². The molecule has 3 heteroatoms. The maximum atomic E-state index is 6.16. The third-order valence-corrected chi connectivity index (χ3v) is 4.92. The molecule has 2 N–H and O–H groups in total. The maximum absolute atomic E-state index is 6.16. The van der Waals surface area contributed by atoms with Gasteiger partial charge in [-0.25, -0.2) is 0 Å². The molecule has 1 unspecified atom stereocenters. The molecule has 0 aromatic heterocycles. The molecule has 2 aliphatic rings. The van der Waals surface area contributed by atoms with Crippen molar-refractivity contribution < 1.29 is 0 Å². The van der Waals surface area contributed by atoms with Crippen LogP contribution in [0.15, 0.2) is 24.3 Å². The van der Waals surface area contributed by atoms with Crippen molar-refractivity contribution in [2.45, 2.75) is 38.6 Å². The minimum Gasteiger partial charge on any atom is -0.369 e. The second-order valence-electron chi connectivity index (χ2n) is 6.73. The van der Waals surface area contributed by atoms with E-state index in [2.05, 4.69) is 41.0 Å². The molecule has 1 aliphatic carbocycles. The van der Waals surface area contributed by atoms with E-state index < -0.39 is 0 Å². The molecule has 1 atom stereocenters. The molecule has 3 nitrogen and oxygen atoms in total. The first-order valence-electron chi connectivity index (χ1n) is 8.57. The Labute approximate surface area is 129 Å². The van der Waals surface area contributed by atoms with Gasteiger partial charge >= 0.3 is 0 Å². The third-order valence-electron chi connectivity index (χ3n) is 4.92. The topological polar surface area (TPSA) is 32.5 Å². The van der Waals surface area contributed by atoms with Crippen LogP contribution >= 0.6 is 0 Å². The monoisotopic (exact) mass is 287 g/mol. The maximum Gasteiger partial charge on any atom is 0.0400 e. The number of para-hydroxylation sites is 1. The van der Waals surface area contributed by atoms with Crippen LogP contribution in [0.3, 0.4) is 0 Å². The number of rotatable bonds is 6. The molecule has 1 saturated carbocycles. The SMILES string of the molecule is CCC(N)Cc1ccccc1N1CCN(CC2CC2)CC1. The van der Waals surface area contributed by atoms with Crippen LogP contribution in [0.2, 0.25) is 0 Å². The van der Waals surface area contributed by atoms with E-state index in [9.17, 15) is 0 Å². The van der Waals surface area contributed by atoms with Crippen molar-refractivity contribution in [2.75, 3.05) is 37.6 Å². The van der Waals surface area contributed by atoms with Crippen molar-refractivity contribution in [3.8, 4) is 0 Å². The molecule has 1 aromatic carbocycles. The van der Waals surface area contributed by atoms with E-state index in [-0.39, 0.29) is 6.04 Å². The normalized spacial score (nSPS) is 21.5. The summed E-state index contributed by atoms with van der Waals surface area (Å²) in [5.41, 5.74) is 8.99. The van der Waals surface area contributed by atoms with Gasteiger partial charge in [0.05, 0.1) is 0 Å². The predicted molar refractivity (Wildman–Crippen MR) is 89.8 cm³/mol. The number of benzene rings is 1. The molecule has 1 aliphatic heterocycles. The van der Waals surface area contributed by atoms with E-state index in [0.717, 1.165) is 31.8 Å². The summed E-state index contributed by atoms with van der Waals surface area (Å²) < 4.78 is 0. The summed E-state index contributed by atoms with van der Waals surface area (Å²) in [5.74, 6) is 1.01. The van der Waals surface area contributed by atoms with Crippen molar-refractivity contribution in [3.63, 3.8) is 0 Å². The van der Waals surface area contributed by atoms with E-state index in [1.165, 1.54) is 43.7 Å². The Bertz CT molecular complexity index is 448. The van der Waals surface area contributed by atoms with Gasteiger partial charge in [0, 0.05) is 44.5 Å². The summed E-state index contributed by atoms with van der Waals surface area (Å²) in [6.45, 7) is 8.24. The van der Waals surface area contributed by atoms with Crippen molar-refractivity contribution in [1.82, 2.24) is 4.90 Å². The highest BCUT2D eigenvalue weighted by molar-refractivity contribution is 5.54. The van der Waals surface area contributed by atoms with Gasteiger partial charge in [-0.15, -0.1) is 0 Å². The van der Waals surface area contributed by atoms with Crippen molar-refractivity contribution in [1.29, 1.82) is 0 Å². The predicted octanol–water partition coefficient (Wildman–Crippen LogP) is 2.50. The Morgan fingerprint density at radius 2 is 1.86 bits per heavy atom. The van der Waals surface area contributed by atoms with Crippen LogP contribution in [-0.2, 0) is 6.42 Å². The average Bonchev–Trinajstić information content (AvgIpc) is 3.33. The molecule has 3 rings (SSSR count). The van der Waals surface area contributed by atoms with Crippen molar-refractivity contribution >= 4 is 5.69 Å². The lowest BCUT2D eigenvalue weighted by atomic mass is 10.0. The summed E-state index contributed by atoms with van der Waals surface area (Å²) in [5, 5.41) is 0. The van der Waals surface area contributed by atoms with E-state index >= 15 is 0 Å². The molecule has 0 amide bonds. The molecule has 21 heavy (non-hydrogen) atoms. The Hall–Kier alpha value is -1.06. The van der Waals surface area contributed by atoms with Crippen LogP contribution in [0.5, 0.6) is 0 Å². The molecular formula is C18H29N3. The van der Waals surface area contributed by atoms with Gasteiger partial charge in [0.25, 0.3) is 0 Å². The molecule has 1 heterocycles. The van der Waals surface area contributed by atoms with E-state index in [1.54, 1.807) is 0 Å². The van der Waals surface area contributed by atoms with Crippen LogP contribution in [0, 0.1) is 5.92 Å². The van der Waals surface area contributed by atoms with Crippen LogP contribution in [0.4, 0.5) is 5.69 Å². The fourth-order valence-electron chi connectivity index (χ4n) is 3.26. The minimum atomic E-state index is 0.280. The number of anilines is 1. The number of hydrogen-bond acceptors (Lipinski definition) is 3. The zero-order valence-corrected chi connectivity index (χ0v) is 13.3. The second-order valence-corrected chi connectivity index (χ2v) is 6.73. The lowest BCUT2D eigenvalue weighted by Gasteiger charge is -2.37. The molecule has 0 bridgehead atoms. The standard InChI is InChI=1S/C18H29N3/c1-2-17(19)13-16-5-3-4-6-18(16)21-11-9-20(10-12-21)14-15-7-8-15/h3-6,15,17H,2,7-14,19H2,1H3. The Morgan fingerprint density at radius 1 is 1.14 bits per heavy atom. The highest BCUT2D eigenvalue weighted by Crippen LogP contribution is 2.30. The summed E-state index contributed by atoms with van der Waals surface area (Å²) in [6.07, 6.45) is 4.95. The van der Waals surface area contributed by atoms with Gasteiger partial charge in [-0.05, 0) is 43.2 Å². The van der Waals surface area contributed by atoms with Crippen LogP contribution < -0.4 is 10.6 Å². The molecular weight excluding hydrogens is 258 g/mol. The molecule has 2 fully saturated rings. The number of hydrogen-bond donors (Lipinski definition) is 1. The Kier molecular flexibility index (Phi) is 4.81. The summed E-state index contributed by atoms with van der Waals surface area (Å²) in [6, 6.07) is 9.11. The summed E-state index contributed by atoms with van der Waals surface area (Å²) in [4.78, 5) is 5.20. The molecule has 1 saturated heterocycles. The smallest absolute Gasteiger partial charge is 0.0400 e. The van der Waals surface area contributed by atoms with E-state index in [4.69, 9.17) is 5.73 Å². The first kappa shape index (κ1) is 14.9. The third kappa shape index (κ3) is 3.98. The summed E-state index contributed by atoms with van der Waals surface area (Å²) >= 11 is 0. The summed E-state index contributed by atoms with van der Waals surface area (Å²) in [7, 11) is 0. The van der Waals surface area contributed by atoms with Gasteiger partial charge in [-0.3, -0.25) is 4.90 Å². The highest BCUT2D eigenvalue weighted by atomic mass is 15.3. The number of piperazine rings is 1. The highest BCUT2D eigenvalue weighted by Gasteiger charge is 2.26. The van der Waals surface area contributed by atoms with Crippen LogP contribution in [-0.4, -0.2) is 43.7 Å². The zero-order chi connectivity index (χ0) is 14.7. The lowest BCUT2D eigenvalue weighted by Crippen LogP contribution is -2.47. The van der Waals surface area contributed by atoms with Crippen LogP contribution in [0.25, 0.3) is 0 Å². The van der Waals surface area contributed by atoms with Crippen LogP contribution in [0.1, 0.15) is 31.7 Å². The van der Waals surface area contributed by atoms with E-state index in [0.29, 0.717) is 0 Å². The van der Waals surface area contributed by atoms with Crippen molar-refractivity contribution in [2.24, 2.45) is 11.7 Å². The molecule has 0 radical (unpaired) electrons. The number of nitrogens with two attached hydrogens (primary N) is 1. The van der Waals surface area contributed by atoms with Crippen molar-refractivity contribution in [3.05, 3.63) is 29.8 Å². The minimum absolute atomic E-state index is 0.280. The fourth-order valence-corrected chi connectivity index (χ4v) is 3.26. The molecule has 0 spiro atoms. The largest absolute Gasteiger partial charge is 0.369 e. The second kappa shape index (κ2) is 6.80. The molecule has 1 aromatic rings. The lowest BCUT2D eigenvalue weighted by molar-refractivity contribution is 0.248. The van der Waals surface area contributed by atoms with Gasteiger partial charge < -0.3 is 10.6 Å². The Morgan fingerprint density at radius 3 is 2.52 bits per heavy atom. The fraction of sp³-hybridized carbons (Fsp3) is 0.667.